The van der Waals surface area contributed by atoms with Gasteiger partial charge in [-0.05, 0) is 6.42 Å². The van der Waals surface area contributed by atoms with Gasteiger partial charge in [-0.2, -0.15) is 0 Å². The number of nitrogens with one attached hydrogen (secondary N) is 1. The molecular formula is C14H27NO2. The molecule has 0 bridgehead atoms. The van der Waals surface area contributed by atoms with Crippen LogP contribution in [0.5, 0.6) is 0 Å². The van der Waals surface area contributed by atoms with Gasteiger partial charge in [0.1, 0.15) is 6.10 Å². The Kier molecular flexibility index (Phi) is 8.28. The van der Waals surface area contributed by atoms with Crippen LogP contribution < -0.4 is 5.32 Å². The number of carbonyl (C=O) groups excluding carboxylic acids is 1. The van der Waals surface area contributed by atoms with Crippen molar-refractivity contribution in [3.63, 3.8) is 0 Å². The van der Waals surface area contributed by atoms with E-state index in [1.165, 1.54) is 38.5 Å². The molecule has 0 amide bonds. The van der Waals surface area contributed by atoms with Crippen LogP contribution in [0.25, 0.3) is 0 Å². The molecular weight excluding hydrogens is 214 g/mol. The first kappa shape index (κ1) is 14.7. The van der Waals surface area contributed by atoms with Crippen molar-refractivity contribution in [2.45, 2.75) is 64.4 Å². The van der Waals surface area contributed by atoms with Gasteiger partial charge in [0.2, 0.25) is 0 Å². The minimum atomic E-state index is -0.177. The molecule has 1 rings (SSSR count). The summed E-state index contributed by atoms with van der Waals surface area (Å²) in [5, 5.41) is 3.19. The SMILES string of the molecule is CCCCCCCCCC(=O)C1CNCCO1. The highest BCUT2D eigenvalue weighted by atomic mass is 16.5. The fourth-order valence-electron chi connectivity index (χ4n) is 2.19. The van der Waals surface area contributed by atoms with Crippen LogP contribution >= 0.6 is 0 Å². The van der Waals surface area contributed by atoms with Crippen LogP contribution in [-0.2, 0) is 9.53 Å². The van der Waals surface area contributed by atoms with Gasteiger partial charge in [-0.25, -0.2) is 0 Å². The van der Waals surface area contributed by atoms with Crippen molar-refractivity contribution in [3.8, 4) is 0 Å². The maximum atomic E-state index is 11.8. The summed E-state index contributed by atoms with van der Waals surface area (Å²) >= 11 is 0. The van der Waals surface area contributed by atoms with Crippen molar-refractivity contribution in [1.29, 1.82) is 0 Å². The largest absolute Gasteiger partial charge is 0.368 e. The highest BCUT2D eigenvalue weighted by molar-refractivity contribution is 5.83. The number of hydrogen-bond donors (Lipinski definition) is 1. The molecule has 1 saturated heterocycles. The molecule has 0 spiro atoms. The van der Waals surface area contributed by atoms with Gasteiger partial charge in [-0.1, -0.05) is 45.4 Å². The van der Waals surface area contributed by atoms with Crippen molar-refractivity contribution in [1.82, 2.24) is 5.32 Å². The standard InChI is InChI=1S/C14H27NO2/c1-2-3-4-5-6-7-8-9-13(16)14-12-15-10-11-17-14/h14-15H,2-12H2,1H3. The van der Waals surface area contributed by atoms with Crippen LogP contribution in [0.1, 0.15) is 58.3 Å². The Hall–Kier alpha value is -0.410. The van der Waals surface area contributed by atoms with Gasteiger partial charge < -0.3 is 10.1 Å². The van der Waals surface area contributed by atoms with E-state index < -0.39 is 0 Å². The smallest absolute Gasteiger partial charge is 0.162 e. The zero-order valence-electron chi connectivity index (χ0n) is 11.2. The summed E-state index contributed by atoms with van der Waals surface area (Å²) in [5.41, 5.74) is 0. The van der Waals surface area contributed by atoms with Gasteiger partial charge in [-0.3, -0.25) is 4.79 Å². The van der Waals surface area contributed by atoms with E-state index in [0.717, 1.165) is 13.0 Å². The van der Waals surface area contributed by atoms with E-state index in [1.807, 2.05) is 0 Å². The highest BCUT2D eigenvalue weighted by Gasteiger charge is 2.20. The lowest BCUT2D eigenvalue weighted by Gasteiger charge is -2.22. The number of rotatable bonds is 9. The summed E-state index contributed by atoms with van der Waals surface area (Å²) in [6.45, 7) is 4.49. The fraction of sp³-hybridized carbons (Fsp3) is 0.929. The summed E-state index contributed by atoms with van der Waals surface area (Å²) in [4.78, 5) is 11.8. The minimum absolute atomic E-state index is 0.177. The Balaban J connectivity index is 1.92. The van der Waals surface area contributed by atoms with E-state index in [4.69, 9.17) is 4.74 Å². The van der Waals surface area contributed by atoms with Crippen molar-refractivity contribution in [3.05, 3.63) is 0 Å². The lowest BCUT2D eigenvalue weighted by molar-refractivity contribution is -0.132. The van der Waals surface area contributed by atoms with Crippen LogP contribution in [-0.4, -0.2) is 31.6 Å². The molecule has 3 nitrogen and oxygen atoms in total. The van der Waals surface area contributed by atoms with Gasteiger partial charge in [0, 0.05) is 19.5 Å². The first-order valence-corrected chi connectivity index (χ1v) is 7.19. The normalized spacial score (nSPS) is 20.4. The van der Waals surface area contributed by atoms with Gasteiger partial charge >= 0.3 is 0 Å². The molecule has 0 radical (unpaired) electrons. The quantitative estimate of drug-likeness (QED) is 0.631. The molecule has 1 atom stereocenters. The zero-order chi connectivity index (χ0) is 12.3. The molecule has 1 fully saturated rings. The molecule has 100 valence electrons. The summed E-state index contributed by atoms with van der Waals surface area (Å²) in [5.74, 6) is 0.283. The van der Waals surface area contributed by atoms with Gasteiger partial charge in [-0.15, -0.1) is 0 Å². The molecule has 0 saturated carbocycles. The van der Waals surface area contributed by atoms with Crippen LogP contribution in [0.3, 0.4) is 0 Å². The van der Waals surface area contributed by atoms with Gasteiger partial charge in [0.05, 0.1) is 6.61 Å². The number of hydrogen-bond acceptors (Lipinski definition) is 3. The number of ether oxygens (including phenoxy) is 1. The topological polar surface area (TPSA) is 38.3 Å². The maximum Gasteiger partial charge on any atom is 0.162 e. The summed E-state index contributed by atoms with van der Waals surface area (Å²) in [7, 11) is 0. The third kappa shape index (κ3) is 6.79. The molecule has 1 aliphatic heterocycles. The molecule has 0 aromatic heterocycles. The lowest BCUT2D eigenvalue weighted by atomic mass is 10.0. The van der Waals surface area contributed by atoms with Crippen LogP contribution in [0.15, 0.2) is 0 Å². The molecule has 1 heterocycles. The third-order valence-corrected chi connectivity index (χ3v) is 3.31. The Labute approximate surface area is 105 Å². The Morgan fingerprint density at radius 2 is 1.88 bits per heavy atom. The zero-order valence-corrected chi connectivity index (χ0v) is 11.2. The molecule has 1 unspecified atom stereocenters. The summed E-state index contributed by atoms with van der Waals surface area (Å²) in [6, 6.07) is 0. The molecule has 1 aliphatic rings. The first-order valence-electron chi connectivity index (χ1n) is 7.19. The Bertz CT molecular complexity index is 200. The lowest BCUT2D eigenvalue weighted by Crippen LogP contribution is -2.43. The van der Waals surface area contributed by atoms with E-state index in [0.29, 0.717) is 19.6 Å². The van der Waals surface area contributed by atoms with Crippen LogP contribution in [0.4, 0.5) is 0 Å². The van der Waals surface area contributed by atoms with E-state index in [9.17, 15) is 4.79 Å². The van der Waals surface area contributed by atoms with Crippen molar-refractivity contribution < 1.29 is 9.53 Å². The minimum Gasteiger partial charge on any atom is -0.368 e. The van der Waals surface area contributed by atoms with Crippen molar-refractivity contribution in [2.24, 2.45) is 0 Å². The Morgan fingerprint density at radius 1 is 1.18 bits per heavy atom. The molecule has 1 N–H and O–H groups in total. The van der Waals surface area contributed by atoms with Crippen molar-refractivity contribution in [2.75, 3.05) is 19.7 Å². The monoisotopic (exact) mass is 241 g/mol. The summed E-state index contributed by atoms with van der Waals surface area (Å²) in [6.07, 6.45) is 9.33. The van der Waals surface area contributed by atoms with Crippen molar-refractivity contribution >= 4 is 5.78 Å². The average molecular weight is 241 g/mol. The average Bonchev–Trinajstić information content (AvgIpc) is 2.38. The summed E-state index contributed by atoms with van der Waals surface area (Å²) < 4.78 is 5.44. The maximum absolute atomic E-state index is 11.8. The van der Waals surface area contributed by atoms with E-state index in [-0.39, 0.29) is 11.9 Å². The highest BCUT2D eigenvalue weighted by Crippen LogP contribution is 2.10. The first-order chi connectivity index (χ1) is 8.34. The second kappa shape index (κ2) is 9.60. The second-order valence-corrected chi connectivity index (χ2v) is 4.90. The molecule has 0 aliphatic carbocycles. The predicted molar refractivity (Wildman–Crippen MR) is 70.2 cm³/mol. The number of morpholine rings is 1. The number of carbonyl (C=O) groups is 1. The Morgan fingerprint density at radius 3 is 2.53 bits per heavy atom. The predicted octanol–water partition coefficient (Wildman–Crippen LogP) is 2.68. The van der Waals surface area contributed by atoms with E-state index in [1.54, 1.807) is 0 Å². The molecule has 17 heavy (non-hydrogen) atoms. The van der Waals surface area contributed by atoms with Crippen LogP contribution in [0, 0.1) is 0 Å². The third-order valence-electron chi connectivity index (χ3n) is 3.31. The van der Waals surface area contributed by atoms with Gasteiger partial charge in [0.25, 0.3) is 0 Å². The molecule has 0 aromatic carbocycles. The van der Waals surface area contributed by atoms with Crippen LogP contribution in [0.2, 0.25) is 0 Å². The number of unbranched alkanes of at least 4 members (excludes halogenated alkanes) is 6. The second-order valence-electron chi connectivity index (χ2n) is 4.90. The van der Waals surface area contributed by atoms with E-state index >= 15 is 0 Å². The fourth-order valence-corrected chi connectivity index (χ4v) is 2.19. The molecule has 0 aromatic rings. The number of ketones is 1. The van der Waals surface area contributed by atoms with E-state index in [2.05, 4.69) is 12.2 Å². The van der Waals surface area contributed by atoms with Gasteiger partial charge in [0.15, 0.2) is 5.78 Å². The number of Topliss-reactive ketones (excluding diaryl/α,β-unsaturated/α-hetero) is 1. The molecule has 3 heteroatoms.